The van der Waals surface area contributed by atoms with Crippen LogP contribution in [-0.2, 0) is 4.79 Å². The van der Waals surface area contributed by atoms with Gasteiger partial charge in [0, 0.05) is 16.7 Å². The van der Waals surface area contributed by atoms with E-state index >= 15 is 0 Å². The highest BCUT2D eigenvalue weighted by Gasteiger charge is 2.17. The minimum absolute atomic E-state index is 0.0300. The summed E-state index contributed by atoms with van der Waals surface area (Å²) < 4.78 is 5.23. The highest BCUT2D eigenvalue weighted by molar-refractivity contribution is 7.80. The van der Waals surface area contributed by atoms with Gasteiger partial charge in [-0.25, -0.2) is 0 Å². The Morgan fingerprint density at radius 1 is 1.11 bits per heavy atom. The Hall–Kier alpha value is -2.95. The molecule has 0 radical (unpaired) electrons. The number of halogens is 2. The number of carbonyl (C=O) groups excluding carboxylic acids is 2. The van der Waals surface area contributed by atoms with E-state index in [0.29, 0.717) is 10.8 Å². The largest absolute Gasteiger partial charge is 0.484 e. The van der Waals surface area contributed by atoms with E-state index in [-0.39, 0.29) is 22.3 Å². The van der Waals surface area contributed by atoms with Gasteiger partial charge in [-0.1, -0.05) is 23.2 Å². The van der Waals surface area contributed by atoms with Crippen LogP contribution in [0.1, 0.15) is 10.4 Å². The number of carbonyl (C=O) groups is 2. The van der Waals surface area contributed by atoms with Crippen LogP contribution >= 0.6 is 35.4 Å². The van der Waals surface area contributed by atoms with E-state index < -0.39 is 22.4 Å². The Balaban J connectivity index is 1.80. The van der Waals surface area contributed by atoms with Crippen LogP contribution in [0.25, 0.3) is 0 Å². The zero-order chi connectivity index (χ0) is 20.7. The second kappa shape index (κ2) is 9.83. The van der Waals surface area contributed by atoms with Gasteiger partial charge in [0.05, 0.1) is 4.92 Å². The number of hydrogen-bond acceptors (Lipinski definition) is 6. The maximum absolute atomic E-state index is 12.1. The average molecular weight is 443 g/mol. The number of hydrazine groups is 1. The van der Waals surface area contributed by atoms with Crippen LogP contribution in [0.3, 0.4) is 0 Å². The fourth-order valence-electron chi connectivity index (χ4n) is 1.84. The topological polar surface area (TPSA) is 123 Å². The Labute approximate surface area is 174 Å². The molecule has 28 heavy (non-hydrogen) atoms. The van der Waals surface area contributed by atoms with E-state index in [4.69, 9.17) is 40.2 Å². The van der Waals surface area contributed by atoms with Gasteiger partial charge in [-0.15, -0.1) is 0 Å². The monoisotopic (exact) mass is 442 g/mol. The Morgan fingerprint density at radius 3 is 2.43 bits per heavy atom. The maximum atomic E-state index is 12.1. The summed E-state index contributed by atoms with van der Waals surface area (Å²) in [6.45, 7) is -0.311. The van der Waals surface area contributed by atoms with Crippen LogP contribution < -0.4 is 20.9 Å². The number of hydrogen-bond donors (Lipinski definition) is 3. The van der Waals surface area contributed by atoms with Crippen LogP contribution in [0.4, 0.5) is 5.69 Å². The smallest absolute Gasteiger partial charge is 0.288 e. The molecule has 0 saturated carbocycles. The summed E-state index contributed by atoms with van der Waals surface area (Å²) in [4.78, 5) is 33.9. The SMILES string of the molecule is O=C(COc1ccc(Cl)cc1)NNC(=S)NC(=O)c1ccc(Cl)c([N+](=O)[O-])c1. The molecule has 0 aromatic heterocycles. The molecule has 2 aromatic rings. The van der Waals surface area contributed by atoms with Gasteiger partial charge < -0.3 is 4.74 Å². The molecule has 3 N–H and O–H groups in total. The van der Waals surface area contributed by atoms with Crippen molar-refractivity contribution in [3.05, 3.63) is 68.2 Å². The minimum Gasteiger partial charge on any atom is -0.484 e. The van der Waals surface area contributed by atoms with Crippen LogP contribution in [0.2, 0.25) is 10.0 Å². The molecule has 2 amide bonds. The summed E-state index contributed by atoms with van der Waals surface area (Å²) in [5.74, 6) is -0.836. The average Bonchev–Trinajstić information content (AvgIpc) is 2.66. The molecule has 0 aliphatic heterocycles. The number of ether oxygens (including phenoxy) is 1. The molecular formula is C16H12Cl2N4O5S. The van der Waals surface area contributed by atoms with E-state index in [9.17, 15) is 19.7 Å². The van der Waals surface area contributed by atoms with E-state index in [1.807, 2.05) is 0 Å². The third-order valence-corrected chi connectivity index (χ3v) is 3.91. The molecule has 0 aliphatic carbocycles. The molecule has 0 heterocycles. The predicted molar refractivity (Wildman–Crippen MR) is 106 cm³/mol. The first kappa shape index (κ1) is 21.4. The first-order valence-electron chi connectivity index (χ1n) is 7.48. The number of benzene rings is 2. The van der Waals surface area contributed by atoms with Crippen LogP contribution in [0, 0.1) is 10.1 Å². The summed E-state index contributed by atoms with van der Waals surface area (Å²) >= 11 is 16.3. The summed E-state index contributed by atoms with van der Waals surface area (Å²) in [6, 6.07) is 9.95. The molecule has 146 valence electrons. The molecule has 0 aliphatic rings. The number of nitro benzene ring substituents is 1. The summed E-state index contributed by atoms with van der Waals surface area (Å²) in [5.41, 5.74) is 4.10. The maximum Gasteiger partial charge on any atom is 0.288 e. The van der Waals surface area contributed by atoms with Gasteiger partial charge in [0.2, 0.25) is 0 Å². The van der Waals surface area contributed by atoms with Gasteiger partial charge in [0.25, 0.3) is 17.5 Å². The second-order valence-electron chi connectivity index (χ2n) is 5.12. The molecule has 2 aromatic carbocycles. The number of rotatable bonds is 5. The van der Waals surface area contributed by atoms with Gasteiger partial charge in [0.15, 0.2) is 11.7 Å². The van der Waals surface area contributed by atoms with E-state index in [1.54, 1.807) is 24.3 Å². The van der Waals surface area contributed by atoms with Gasteiger partial charge in [-0.2, -0.15) is 0 Å². The summed E-state index contributed by atoms with van der Waals surface area (Å²) in [7, 11) is 0. The normalized spacial score (nSPS) is 9.93. The Morgan fingerprint density at radius 2 is 1.79 bits per heavy atom. The third kappa shape index (κ3) is 6.34. The zero-order valence-corrected chi connectivity index (χ0v) is 16.2. The van der Waals surface area contributed by atoms with Crippen molar-refractivity contribution in [2.75, 3.05) is 6.61 Å². The lowest BCUT2D eigenvalue weighted by atomic mass is 10.2. The van der Waals surface area contributed by atoms with Crippen molar-refractivity contribution in [1.82, 2.24) is 16.2 Å². The van der Waals surface area contributed by atoms with Gasteiger partial charge in [0.1, 0.15) is 10.8 Å². The third-order valence-electron chi connectivity index (χ3n) is 3.13. The molecule has 9 nitrogen and oxygen atoms in total. The van der Waals surface area contributed by atoms with Crippen LogP contribution in [0.15, 0.2) is 42.5 Å². The van der Waals surface area contributed by atoms with Gasteiger partial charge in [-0.05, 0) is 48.6 Å². The van der Waals surface area contributed by atoms with Crippen molar-refractivity contribution in [1.29, 1.82) is 0 Å². The van der Waals surface area contributed by atoms with Crippen molar-refractivity contribution >= 4 is 58.0 Å². The van der Waals surface area contributed by atoms with Gasteiger partial charge in [-0.3, -0.25) is 35.9 Å². The van der Waals surface area contributed by atoms with E-state index in [0.717, 1.165) is 6.07 Å². The van der Waals surface area contributed by atoms with Crippen molar-refractivity contribution in [3.8, 4) is 5.75 Å². The van der Waals surface area contributed by atoms with E-state index in [2.05, 4.69) is 16.2 Å². The van der Waals surface area contributed by atoms with Crippen molar-refractivity contribution in [2.24, 2.45) is 0 Å². The second-order valence-corrected chi connectivity index (χ2v) is 6.37. The highest BCUT2D eigenvalue weighted by atomic mass is 35.5. The number of thiocarbonyl (C=S) groups is 1. The number of nitrogens with zero attached hydrogens (tertiary/aromatic N) is 1. The fourth-order valence-corrected chi connectivity index (χ4v) is 2.30. The molecule has 0 saturated heterocycles. The zero-order valence-electron chi connectivity index (χ0n) is 13.9. The highest BCUT2D eigenvalue weighted by Crippen LogP contribution is 2.24. The van der Waals surface area contributed by atoms with E-state index in [1.165, 1.54) is 12.1 Å². The standard InChI is InChI=1S/C16H12Cl2N4O5S/c17-10-2-4-11(5-3-10)27-8-14(23)20-21-16(28)19-15(24)9-1-6-12(18)13(7-9)22(25)26/h1-7H,8H2,(H,20,23)(H2,19,21,24,28). The molecule has 0 spiro atoms. The number of amides is 2. The quantitative estimate of drug-likeness (QED) is 0.369. The predicted octanol–water partition coefficient (Wildman–Crippen LogP) is 2.62. The van der Waals surface area contributed by atoms with Crippen LogP contribution in [-0.4, -0.2) is 28.5 Å². The van der Waals surface area contributed by atoms with Crippen molar-refractivity contribution in [2.45, 2.75) is 0 Å². The first-order chi connectivity index (χ1) is 13.3. The summed E-state index contributed by atoms with van der Waals surface area (Å²) in [5, 5.41) is 13.3. The summed E-state index contributed by atoms with van der Waals surface area (Å²) in [6.07, 6.45) is 0. The molecule has 2 rings (SSSR count). The lowest BCUT2D eigenvalue weighted by Crippen LogP contribution is -2.49. The molecule has 0 bridgehead atoms. The molecule has 0 atom stereocenters. The number of nitro groups is 1. The molecule has 0 unspecified atom stereocenters. The van der Waals surface area contributed by atoms with Crippen molar-refractivity contribution < 1.29 is 19.2 Å². The minimum atomic E-state index is -0.719. The Kier molecular flexibility index (Phi) is 7.50. The number of nitrogens with one attached hydrogen (secondary N) is 3. The Bertz CT molecular complexity index is 924. The lowest BCUT2D eigenvalue weighted by molar-refractivity contribution is -0.384. The molecule has 12 heteroatoms. The fraction of sp³-hybridized carbons (Fsp3) is 0.0625. The van der Waals surface area contributed by atoms with Crippen LogP contribution in [0.5, 0.6) is 5.75 Å². The van der Waals surface area contributed by atoms with Crippen molar-refractivity contribution in [3.63, 3.8) is 0 Å². The molecular weight excluding hydrogens is 431 g/mol. The molecule has 0 fully saturated rings. The lowest BCUT2D eigenvalue weighted by Gasteiger charge is -2.11. The van der Waals surface area contributed by atoms with Gasteiger partial charge >= 0.3 is 0 Å². The first-order valence-corrected chi connectivity index (χ1v) is 8.65.